The third-order valence-corrected chi connectivity index (χ3v) is 4.27. The summed E-state index contributed by atoms with van der Waals surface area (Å²) in [6.45, 7) is 0.157. The minimum atomic E-state index is -0.561. The Morgan fingerprint density at radius 2 is 2.10 bits per heavy atom. The summed E-state index contributed by atoms with van der Waals surface area (Å²) < 4.78 is 0. The lowest BCUT2D eigenvalue weighted by Gasteiger charge is -2.18. The highest BCUT2D eigenvalue weighted by atomic mass is 35.5. The summed E-state index contributed by atoms with van der Waals surface area (Å²) in [4.78, 5) is 13.1. The number of ketones is 1. The SMILES string of the molecule is O=C(CO)[C@@H](NCCc1cccs1)c1ccccc1Cl. The molecule has 0 unspecified atom stereocenters. The molecule has 2 aromatic rings. The van der Waals surface area contributed by atoms with Crippen molar-refractivity contribution in [3.8, 4) is 0 Å². The van der Waals surface area contributed by atoms with E-state index in [1.165, 1.54) is 4.88 Å². The number of thiophene rings is 1. The van der Waals surface area contributed by atoms with Gasteiger partial charge in [0, 0.05) is 16.4 Å². The van der Waals surface area contributed by atoms with Gasteiger partial charge in [-0.15, -0.1) is 11.3 Å². The lowest BCUT2D eigenvalue weighted by atomic mass is 10.0. The predicted molar refractivity (Wildman–Crippen MR) is 82.3 cm³/mol. The van der Waals surface area contributed by atoms with Crippen molar-refractivity contribution in [1.82, 2.24) is 5.32 Å². The number of Topliss-reactive ketones (excluding diaryl/α,β-unsaturated/α-hetero) is 1. The molecule has 1 aromatic carbocycles. The zero-order valence-electron chi connectivity index (χ0n) is 10.9. The topological polar surface area (TPSA) is 49.3 Å². The van der Waals surface area contributed by atoms with Crippen LogP contribution in [0, 0.1) is 0 Å². The Bertz CT molecular complexity index is 557. The maximum absolute atomic E-state index is 11.9. The van der Waals surface area contributed by atoms with Crippen LogP contribution in [0.1, 0.15) is 16.5 Å². The summed E-state index contributed by atoms with van der Waals surface area (Å²) in [5, 5.41) is 14.8. The number of carbonyl (C=O) groups is 1. The van der Waals surface area contributed by atoms with Crippen LogP contribution in [0.3, 0.4) is 0 Å². The Hall–Kier alpha value is -1.20. The molecule has 2 N–H and O–H groups in total. The molecule has 1 atom stereocenters. The Morgan fingerprint density at radius 1 is 1.30 bits per heavy atom. The molecule has 0 aliphatic heterocycles. The van der Waals surface area contributed by atoms with Crippen LogP contribution in [0.15, 0.2) is 41.8 Å². The van der Waals surface area contributed by atoms with Gasteiger partial charge in [-0.05, 0) is 29.5 Å². The Morgan fingerprint density at radius 3 is 2.75 bits per heavy atom. The van der Waals surface area contributed by atoms with E-state index in [0.29, 0.717) is 17.1 Å². The quantitative estimate of drug-likeness (QED) is 0.827. The third-order valence-electron chi connectivity index (χ3n) is 2.99. The predicted octanol–water partition coefficient (Wildman–Crippen LogP) is 2.84. The number of aliphatic hydroxyl groups excluding tert-OH is 1. The minimum absolute atomic E-state index is 0.274. The van der Waals surface area contributed by atoms with E-state index in [2.05, 4.69) is 11.4 Å². The molecule has 1 aromatic heterocycles. The Labute approximate surface area is 127 Å². The number of aliphatic hydroxyl groups is 1. The standard InChI is InChI=1S/C15H16ClNO2S/c16-13-6-2-1-5-12(13)15(14(19)10-18)17-8-7-11-4-3-9-20-11/h1-6,9,15,17-18H,7-8,10H2/t15-/m0/s1. The molecular weight excluding hydrogens is 294 g/mol. The van der Waals surface area contributed by atoms with Crippen LogP contribution in [0.5, 0.6) is 0 Å². The number of rotatable bonds is 7. The van der Waals surface area contributed by atoms with Crippen LogP contribution in [0.2, 0.25) is 5.02 Å². The third kappa shape index (κ3) is 3.90. The average Bonchev–Trinajstić information content (AvgIpc) is 2.97. The zero-order chi connectivity index (χ0) is 14.4. The van der Waals surface area contributed by atoms with E-state index in [9.17, 15) is 4.79 Å². The number of halogens is 1. The molecule has 2 rings (SSSR count). The lowest BCUT2D eigenvalue weighted by molar-refractivity contribution is -0.123. The lowest BCUT2D eigenvalue weighted by Crippen LogP contribution is -2.32. The smallest absolute Gasteiger partial charge is 0.179 e. The number of nitrogens with one attached hydrogen (secondary N) is 1. The molecule has 0 saturated carbocycles. The summed E-state index contributed by atoms with van der Waals surface area (Å²) in [5.41, 5.74) is 0.708. The summed E-state index contributed by atoms with van der Waals surface area (Å²) in [5.74, 6) is -0.274. The van der Waals surface area contributed by atoms with Crippen molar-refractivity contribution in [1.29, 1.82) is 0 Å². The van der Waals surface area contributed by atoms with Gasteiger partial charge in [0.05, 0.1) is 6.04 Å². The van der Waals surface area contributed by atoms with Crippen molar-refractivity contribution in [3.63, 3.8) is 0 Å². The fraction of sp³-hybridized carbons (Fsp3) is 0.267. The molecule has 0 radical (unpaired) electrons. The van der Waals surface area contributed by atoms with Gasteiger partial charge >= 0.3 is 0 Å². The second kappa shape index (κ2) is 7.55. The highest BCUT2D eigenvalue weighted by molar-refractivity contribution is 7.09. The maximum Gasteiger partial charge on any atom is 0.179 e. The van der Waals surface area contributed by atoms with E-state index in [0.717, 1.165) is 6.42 Å². The van der Waals surface area contributed by atoms with Gasteiger partial charge in [-0.2, -0.15) is 0 Å². The number of benzene rings is 1. The van der Waals surface area contributed by atoms with Crippen LogP contribution < -0.4 is 5.32 Å². The molecule has 5 heteroatoms. The molecule has 3 nitrogen and oxygen atoms in total. The fourth-order valence-corrected chi connectivity index (χ4v) is 2.95. The van der Waals surface area contributed by atoms with E-state index in [-0.39, 0.29) is 5.78 Å². The molecule has 0 aliphatic carbocycles. The minimum Gasteiger partial charge on any atom is -0.389 e. The van der Waals surface area contributed by atoms with Crippen LogP contribution in [-0.4, -0.2) is 24.0 Å². The Balaban J connectivity index is 2.04. The molecule has 0 saturated heterocycles. The second-order valence-electron chi connectivity index (χ2n) is 4.36. The Kier molecular flexibility index (Phi) is 5.73. The monoisotopic (exact) mass is 309 g/mol. The number of hydrogen-bond donors (Lipinski definition) is 2. The van der Waals surface area contributed by atoms with Crippen molar-refractivity contribution in [2.75, 3.05) is 13.2 Å². The van der Waals surface area contributed by atoms with Crippen LogP contribution in [0.25, 0.3) is 0 Å². The molecule has 1 heterocycles. The van der Waals surface area contributed by atoms with E-state index in [1.807, 2.05) is 23.6 Å². The van der Waals surface area contributed by atoms with Crippen molar-refractivity contribution < 1.29 is 9.90 Å². The fourth-order valence-electron chi connectivity index (χ4n) is 1.99. The second-order valence-corrected chi connectivity index (χ2v) is 5.80. The normalized spacial score (nSPS) is 12.3. The first-order valence-corrected chi connectivity index (χ1v) is 7.62. The zero-order valence-corrected chi connectivity index (χ0v) is 12.5. The van der Waals surface area contributed by atoms with Crippen molar-refractivity contribution >= 4 is 28.7 Å². The van der Waals surface area contributed by atoms with E-state index in [4.69, 9.17) is 16.7 Å². The summed E-state index contributed by atoms with van der Waals surface area (Å²) in [6, 6.07) is 10.7. The van der Waals surface area contributed by atoms with Gasteiger partial charge in [0.2, 0.25) is 0 Å². The van der Waals surface area contributed by atoms with Crippen LogP contribution in [-0.2, 0) is 11.2 Å². The summed E-state index contributed by atoms with van der Waals surface area (Å²) in [6.07, 6.45) is 0.845. The van der Waals surface area contributed by atoms with Crippen molar-refractivity contribution in [2.45, 2.75) is 12.5 Å². The highest BCUT2D eigenvalue weighted by Crippen LogP contribution is 2.23. The molecule has 0 bridgehead atoms. The highest BCUT2D eigenvalue weighted by Gasteiger charge is 2.21. The van der Waals surface area contributed by atoms with Gasteiger partial charge in [0.25, 0.3) is 0 Å². The van der Waals surface area contributed by atoms with Gasteiger partial charge in [-0.3, -0.25) is 4.79 Å². The largest absolute Gasteiger partial charge is 0.389 e. The first-order valence-electron chi connectivity index (χ1n) is 6.36. The van der Waals surface area contributed by atoms with E-state index < -0.39 is 12.6 Å². The van der Waals surface area contributed by atoms with Crippen molar-refractivity contribution in [2.24, 2.45) is 0 Å². The maximum atomic E-state index is 11.9. The average molecular weight is 310 g/mol. The molecule has 106 valence electrons. The molecule has 0 spiro atoms. The van der Waals surface area contributed by atoms with Gasteiger partial charge in [0.15, 0.2) is 5.78 Å². The molecule has 0 amide bonds. The molecular formula is C15H16ClNO2S. The van der Waals surface area contributed by atoms with Gasteiger partial charge in [-0.25, -0.2) is 0 Å². The summed E-state index contributed by atoms with van der Waals surface area (Å²) in [7, 11) is 0. The van der Waals surface area contributed by atoms with Gasteiger partial charge < -0.3 is 10.4 Å². The molecule has 0 aliphatic rings. The van der Waals surface area contributed by atoms with E-state index >= 15 is 0 Å². The molecule has 20 heavy (non-hydrogen) atoms. The number of hydrogen-bond acceptors (Lipinski definition) is 4. The molecule has 0 fully saturated rings. The first kappa shape index (κ1) is 15.2. The van der Waals surface area contributed by atoms with Crippen LogP contribution in [0.4, 0.5) is 0 Å². The van der Waals surface area contributed by atoms with Crippen molar-refractivity contribution in [3.05, 3.63) is 57.2 Å². The van der Waals surface area contributed by atoms with Crippen LogP contribution >= 0.6 is 22.9 Å². The number of carbonyl (C=O) groups excluding carboxylic acids is 1. The summed E-state index contributed by atoms with van der Waals surface area (Å²) >= 11 is 7.81. The van der Waals surface area contributed by atoms with E-state index in [1.54, 1.807) is 23.5 Å². The van der Waals surface area contributed by atoms with Gasteiger partial charge in [-0.1, -0.05) is 35.9 Å². The van der Waals surface area contributed by atoms with Gasteiger partial charge in [0.1, 0.15) is 6.61 Å². The first-order chi connectivity index (χ1) is 9.72.